The summed E-state index contributed by atoms with van der Waals surface area (Å²) in [6.45, 7) is 2.56. The number of rotatable bonds is 4. The van der Waals surface area contributed by atoms with Crippen molar-refractivity contribution in [2.45, 2.75) is 37.5 Å². The van der Waals surface area contributed by atoms with E-state index in [2.05, 4.69) is 0 Å². The largest absolute Gasteiger partial charge is 0.508 e. The van der Waals surface area contributed by atoms with Crippen LogP contribution < -0.4 is 0 Å². The van der Waals surface area contributed by atoms with Crippen molar-refractivity contribution in [3.05, 3.63) is 56.3 Å². The van der Waals surface area contributed by atoms with E-state index in [0.717, 1.165) is 6.92 Å². The van der Waals surface area contributed by atoms with E-state index in [-0.39, 0.29) is 11.3 Å². The van der Waals surface area contributed by atoms with E-state index >= 15 is 0 Å². The molecule has 0 saturated heterocycles. The second kappa shape index (κ2) is 7.89. The molecule has 0 bridgehead atoms. The van der Waals surface area contributed by atoms with Crippen LogP contribution >= 0.6 is 0 Å². The number of nitrogens with zero attached hydrogens (tertiary/aromatic N) is 2. The number of phenolic OH excluding ortho intramolecular Hbond substituents is 1. The SMILES string of the molecule is CC(=O)C1=C(O)[C@@]2(O)C(=O)C3=C(O)c4c(O)cccc4[C@H](C)[C@H]3C(O[N+](=O)[O-])[C@H]2[C@H](N(C)C)C1=O. The number of hydrogen-bond donors (Lipinski definition) is 4. The number of carbonyl (C=O) groups excluding carboxylic acids is 3. The van der Waals surface area contributed by atoms with Gasteiger partial charge in [-0.3, -0.25) is 19.3 Å². The lowest BCUT2D eigenvalue weighted by molar-refractivity contribution is -0.773. The summed E-state index contributed by atoms with van der Waals surface area (Å²) in [7, 11) is 2.83. The fourth-order valence-electron chi connectivity index (χ4n) is 5.87. The van der Waals surface area contributed by atoms with Gasteiger partial charge in [-0.05, 0) is 38.6 Å². The highest BCUT2D eigenvalue weighted by Gasteiger charge is 2.69. The maximum atomic E-state index is 13.9. The number of phenols is 1. The van der Waals surface area contributed by atoms with Gasteiger partial charge >= 0.3 is 0 Å². The molecule has 4 rings (SSSR count). The molecule has 0 amide bonds. The van der Waals surface area contributed by atoms with Crippen LogP contribution in [0.5, 0.6) is 5.75 Å². The molecule has 1 aromatic rings. The third kappa shape index (κ3) is 3.09. The third-order valence-corrected chi connectivity index (χ3v) is 7.28. The standard InChI is InChI=1S/C23H24N2O10/c1-8-10-6-5-7-11(27)14(10)18(28)15-12(8)20(35-25(33)34)16-17(24(3)4)19(29)13(9(2)26)21(30)23(16,32)22(15)31/h5-8,12,16-17,20,27-28,30,32H,1-4H3/t8-,12+,16+,17-,20?,23+/m0/s1. The lowest BCUT2D eigenvalue weighted by Gasteiger charge is -2.54. The Labute approximate surface area is 198 Å². The topological polar surface area (TPSA) is 188 Å². The lowest BCUT2D eigenvalue weighted by atomic mass is 9.54. The number of likely N-dealkylation sites (N-methyl/N-ethyl adjacent to an activating group) is 1. The van der Waals surface area contributed by atoms with E-state index in [1.165, 1.54) is 31.1 Å². The number of Topliss-reactive ketones (excluding diaryl/α,β-unsaturated/α-hetero) is 3. The Kier molecular flexibility index (Phi) is 5.49. The van der Waals surface area contributed by atoms with Crippen molar-refractivity contribution in [1.29, 1.82) is 0 Å². The van der Waals surface area contributed by atoms with Gasteiger partial charge in [0.2, 0.25) is 5.78 Å². The molecule has 35 heavy (non-hydrogen) atoms. The van der Waals surface area contributed by atoms with E-state index < -0.39 is 80.6 Å². The van der Waals surface area contributed by atoms with Crippen LogP contribution in [0.1, 0.15) is 30.9 Å². The van der Waals surface area contributed by atoms with Crippen molar-refractivity contribution in [2.24, 2.45) is 11.8 Å². The van der Waals surface area contributed by atoms with E-state index in [9.17, 15) is 44.9 Å². The normalized spacial score (nSPS) is 32.2. The average molecular weight is 488 g/mol. The Bertz CT molecular complexity index is 1250. The maximum Gasteiger partial charge on any atom is 0.294 e. The summed E-state index contributed by atoms with van der Waals surface area (Å²) in [5, 5.41) is 54.6. The van der Waals surface area contributed by atoms with Gasteiger partial charge in [0.15, 0.2) is 17.2 Å². The van der Waals surface area contributed by atoms with Gasteiger partial charge in [-0.2, -0.15) is 0 Å². The number of aromatic hydroxyl groups is 1. The number of hydrogen-bond acceptors (Lipinski definition) is 11. The van der Waals surface area contributed by atoms with Crippen LogP contribution in [-0.2, 0) is 19.2 Å². The molecule has 1 fully saturated rings. The first-order valence-electron chi connectivity index (χ1n) is 10.8. The van der Waals surface area contributed by atoms with Crippen LogP contribution in [0, 0.1) is 22.0 Å². The molecule has 1 saturated carbocycles. The molecule has 0 radical (unpaired) electrons. The summed E-state index contributed by atoms with van der Waals surface area (Å²) in [4.78, 5) is 57.2. The van der Waals surface area contributed by atoms with E-state index in [1.807, 2.05) is 0 Å². The van der Waals surface area contributed by atoms with Crippen LogP contribution in [0.2, 0.25) is 0 Å². The van der Waals surface area contributed by atoms with Gasteiger partial charge in [0, 0.05) is 11.5 Å². The van der Waals surface area contributed by atoms with Gasteiger partial charge < -0.3 is 25.3 Å². The molecule has 0 heterocycles. The lowest BCUT2D eigenvalue weighted by Crippen LogP contribution is -2.70. The van der Waals surface area contributed by atoms with E-state index in [0.29, 0.717) is 5.56 Å². The molecule has 6 atom stereocenters. The number of aliphatic hydroxyl groups excluding tert-OH is 2. The second-order valence-corrected chi connectivity index (χ2v) is 9.29. The first kappa shape index (κ1) is 24.4. The van der Waals surface area contributed by atoms with Crippen molar-refractivity contribution in [2.75, 3.05) is 14.1 Å². The fourth-order valence-corrected chi connectivity index (χ4v) is 5.87. The molecular weight excluding hydrogens is 464 g/mol. The second-order valence-electron chi connectivity index (χ2n) is 9.29. The van der Waals surface area contributed by atoms with Crippen molar-refractivity contribution in [3.8, 4) is 5.75 Å². The summed E-state index contributed by atoms with van der Waals surface area (Å²) in [5.41, 5.74) is -4.09. The molecule has 12 heteroatoms. The fraction of sp³-hybridized carbons (Fsp3) is 0.435. The number of ketones is 3. The minimum absolute atomic E-state index is 0.104. The van der Waals surface area contributed by atoms with Crippen molar-refractivity contribution >= 4 is 23.1 Å². The Hall–Kier alpha value is -3.77. The monoisotopic (exact) mass is 488 g/mol. The molecule has 186 valence electrons. The highest BCUT2D eigenvalue weighted by atomic mass is 17.0. The maximum absolute atomic E-state index is 13.9. The zero-order valence-corrected chi connectivity index (χ0v) is 19.3. The summed E-state index contributed by atoms with van der Waals surface area (Å²) >= 11 is 0. The first-order chi connectivity index (χ1) is 16.3. The summed E-state index contributed by atoms with van der Waals surface area (Å²) in [6, 6.07) is 2.85. The minimum Gasteiger partial charge on any atom is -0.508 e. The van der Waals surface area contributed by atoms with Gasteiger partial charge in [-0.25, -0.2) is 0 Å². The highest BCUT2D eigenvalue weighted by molar-refractivity contribution is 6.25. The molecule has 3 aliphatic carbocycles. The summed E-state index contributed by atoms with van der Waals surface area (Å²) in [6.07, 6.45) is -1.71. The summed E-state index contributed by atoms with van der Waals surface area (Å²) in [5.74, 6) is -9.20. The van der Waals surface area contributed by atoms with Crippen molar-refractivity contribution in [3.63, 3.8) is 0 Å². The minimum atomic E-state index is -3.01. The number of aliphatic hydroxyl groups is 3. The zero-order chi connectivity index (χ0) is 26.1. The number of benzene rings is 1. The van der Waals surface area contributed by atoms with Crippen LogP contribution in [0.25, 0.3) is 5.76 Å². The highest BCUT2D eigenvalue weighted by Crippen LogP contribution is 2.56. The predicted molar refractivity (Wildman–Crippen MR) is 118 cm³/mol. The van der Waals surface area contributed by atoms with Crippen LogP contribution in [0.4, 0.5) is 0 Å². The Balaban J connectivity index is 2.12. The van der Waals surface area contributed by atoms with Crippen molar-refractivity contribution in [1.82, 2.24) is 4.90 Å². The third-order valence-electron chi connectivity index (χ3n) is 7.28. The number of carbonyl (C=O) groups is 3. The Morgan fingerprint density at radius 1 is 1.20 bits per heavy atom. The van der Waals surface area contributed by atoms with Gasteiger partial charge in [-0.1, -0.05) is 19.1 Å². The molecule has 1 aromatic carbocycles. The molecular formula is C23H24N2O10. The smallest absolute Gasteiger partial charge is 0.294 e. The Morgan fingerprint density at radius 3 is 2.37 bits per heavy atom. The molecule has 3 aliphatic rings. The molecule has 12 nitrogen and oxygen atoms in total. The van der Waals surface area contributed by atoms with Gasteiger partial charge in [-0.15, -0.1) is 10.1 Å². The summed E-state index contributed by atoms with van der Waals surface area (Å²) < 4.78 is 0. The quantitative estimate of drug-likeness (QED) is 0.267. The molecule has 0 aromatic heterocycles. The zero-order valence-electron chi connectivity index (χ0n) is 19.3. The number of fused-ring (bicyclic) bond motifs is 3. The van der Waals surface area contributed by atoms with Crippen LogP contribution in [-0.4, -0.2) is 79.6 Å². The molecule has 4 N–H and O–H groups in total. The predicted octanol–water partition coefficient (Wildman–Crippen LogP) is 0.815. The molecule has 0 spiro atoms. The van der Waals surface area contributed by atoms with Crippen molar-refractivity contribution < 1.29 is 44.7 Å². The van der Waals surface area contributed by atoms with Gasteiger partial charge in [0.1, 0.15) is 28.9 Å². The van der Waals surface area contributed by atoms with Gasteiger partial charge in [0.05, 0.1) is 17.5 Å². The van der Waals surface area contributed by atoms with Crippen LogP contribution in [0.3, 0.4) is 0 Å². The average Bonchev–Trinajstić information content (AvgIpc) is 2.75. The van der Waals surface area contributed by atoms with Gasteiger partial charge in [0.25, 0.3) is 5.09 Å². The molecule has 1 unspecified atom stereocenters. The van der Waals surface area contributed by atoms with E-state index in [1.54, 1.807) is 13.0 Å². The van der Waals surface area contributed by atoms with E-state index in [4.69, 9.17) is 4.84 Å². The van der Waals surface area contributed by atoms with Crippen LogP contribution in [0.15, 0.2) is 35.1 Å². The Morgan fingerprint density at radius 2 is 1.83 bits per heavy atom. The molecule has 0 aliphatic heterocycles. The first-order valence-corrected chi connectivity index (χ1v) is 10.8.